The van der Waals surface area contributed by atoms with Crippen LogP contribution in [0.5, 0.6) is 0 Å². The van der Waals surface area contributed by atoms with Crippen LogP contribution in [0.3, 0.4) is 0 Å². The second kappa shape index (κ2) is 5.11. The summed E-state index contributed by atoms with van der Waals surface area (Å²) >= 11 is 0. The standard InChI is InChI=1S/C8H17NO3/c1-6(2)8(12)9(3)4-7(11)5-10/h6-7,10-11H,4-5H2,1-3H3. The van der Waals surface area contributed by atoms with Gasteiger partial charge >= 0.3 is 0 Å². The van der Waals surface area contributed by atoms with E-state index in [1.54, 1.807) is 20.9 Å². The molecule has 0 spiro atoms. The van der Waals surface area contributed by atoms with Crippen LogP contribution in [0.4, 0.5) is 0 Å². The van der Waals surface area contributed by atoms with E-state index in [4.69, 9.17) is 10.2 Å². The Morgan fingerprint density at radius 2 is 2.00 bits per heavy atom. The summed E-state index contributed by atoms with van der Waals surface area (Å²) in [7, 11) is 1.61. The van der Waals surface area contributed by atoms with E-state index in [9.17, 15) is 4.79 Å². The summed E-state index contributed by atoms with van der Waals surface area (Å²) in [5.41, 5.74) is 0. The summed E-state index contributed by atoms with van der Waals surface area (Å²) in [4.78, 5) is 12.6. The van der Waals surface area contributed by atoms with Crippen molar-refractivity contribution in [2.75, 3.05) is 20.2 Å². The number of hydrogen-bond donors (Lipinski definition) is 2. The lowest BCUT2D eigenvalue weighted by Gasteiger charge is -2.21. The molecule has 72 valence electrons. The third-order valence-electron chi connectivity index (χ3n) is 1.57. The molecule has 0 aromatic carbocycles. The van der Waals surface area contributed by atoms with Gasteiger partial charge in [-0.15, -0.1) is 0 Å². The first-order chi connectivity index (χ1) is 5.49. The molecule has 1 amide bonds. The fraction of sp³-hybridized carbons (Fsp3) is 0.875. The first-order valence-corrected chi connectivity index (χ1v) is 4.03. The van der Waals surface area contributed by atoms with Crippen molar-refractivity contribution >= 4 is 5.91 Å². The number of rotatable bonds is 4. The Kier molecular flexibility index (Phi) is 4.85. The van der Waals surface area contributed by atoms with Crippen LogP contribution in [-0.2, 0) is 4.79 Å². The average Bonchev–Trinajstić information content (AvgIpc) is 2.02. The first kappa shape index (κ1) is 11.4. The molecule has 0 rings (SSSR count). The van der Waals surface area contributed by atoms with E-state index in [2.05, 4.69) is 0 Å². The van der Waals surface area contributed by atoms with Crippen LogP contribution in [0, 0.1) is 5.92 Å². The molecule has 0 heterocycles. The van der Waals surface area contributed by atoms with Gasteiger partial charge in [-0.1, -0.05) is 13.8 Å². The molecule has 0 aromatic rings. The molecule has 0 saturated carbocycles. The van der Waals surface area contributed by atoms with E-state index in [-0.39, 0.29) is 25.0 Å². The third kappa shape index (κ3) is 3.69. The fourth-order valence-electron chi connectivity index (χ4n) is 0.905. The second-order valence-corrected chi connectivity index (χ2v) is 3.21. The van der Waals surface area contributed by atoms with Crippen molar-refractivity contribution in [1.82, 2.24) is 4.90 Å². The van der Waals surface area contributed by atoms with Gasteiger partial charge in [-0.3, -0.25) is 4.79 Å². The smallest absolute Gasteiger partial charge is 0.224 e. The number of carbonyl (C=O) groups is 1. The van der Waals surface area contributed by atoms with E-state index in [1.807, 2.05) is 0 Å². The molecule has 1 unspecified atom stereocenters. The summed E-state index contributed by atoms with van der Waals surface area (Å²) < 4.78 is 0. The maximum atomic E-state index is 11.2. The number of aliphatic hydroxyl groups is 2. The molecule has 0 radical (unpaired) electrons. The number of amides is 1. The monoisotopic (exact) mass is 175 g/mol. The highest BCUT2D eigenvalue weighted by atomic mass is 16.3. The van der Waals surface area contributed by atoms with Crippen LogP contribution in [0.1, 0.15) is 13.8 Å². The van der Waals surface area contributed by atoms with Crippen molar-refractivity contribution in [3.63, 3.8) is 0 Å². The minimum Gasteiger partial charge on any atom is -0.394 e. The molecule has 0 aliphatic carbocycles. The maximum absolute atomic E-state index is 11.2. The molecule has 0 saturated heterocycles. The fourth-order valence-corrected chi connectivity index (χ4v) is 0.905. The molecular formula is C8H17NO3. The van der Waals surface area contributed by atoms with E-state index >= 15 is 0 Å². The number of aliphatic hydroxyl groups excluding tert-OH is 2. The largest absolute Gasteiger partial charge is 0.394 e. The summed E-state index contributed by atoms with van der Waals surface area (Å²) in [6.45, 7) is 3.47. The van der Waals surface area contributed by atoms with Gasteiger partial charge in [0.1, 0.15) is 0 Å². The molecule has 12 heavy (non-hydrogen) atoms. The van der Waals surface area contributed by atoms with Gasteiger partial charge in [0.15, 0.2) is 0 Å². The molecule has 0 bridgehead atoms. The summed E-state index contributed by atoms with van der Waals surface area (Å²) in [5.74, 6) is -0.0941. The quantitative estimate of drug-likeness (QED) is 0.603. The van der Waals surface area contributed by atoms with Crippen LogP contribution >= 0.6 is 0 Å². The highest BCUT2D eigenvalue weighted by Crippen LogP contribution is 1.99. The second-order valence-electron chi connectivity index (χ2n) is 3.21. The average molecular weight is 175 g/mol. The topological polar surface area (TPSA) is 60.8 Å². The minimum absolute atomic E-state index is 0.0255. The van der Waals surface area contributed by atoms with Gasteiger partial charge in [0.05, 0.1) is 12.7 Å². The maximum Gasteiger partial charge on any atom is 0.224 e. The summed E-state index contributed by atoms with van der Waals surface area (Å²) in [6.07, 6.45) is -0.835. The van der Waals surface area contributed by atoms with Gasteiger partial charge < -0.3 is 15.1 Å². The van der Waals surface area contributed by atoms with Gasteiger partial charge in [0.2, 0.25) is 5.91 Å². The van der Waals surface area contributed by atoms with Crippen molar-refractivity contribution in [2.24, 2.45) is 5.92 Å². The molecule has 0 aliphatic heterocycles. The lowest BCUT2D eigenvalue weighted by Crippen LogP contribution is -2.37. The zero-order valence-electron chi connectivity index (χ0n) is 7.82. The zero-order chi connectivity index (χ0) is 9.72. The van der Waals surface area contributed by atoms with E-state index < -0.39 is 6.10 Å². The minimum atomic E-state index is -0.835. The van der Waals surface area contributed by atoms with Crippen LogP contribution in [-0.4, -0.2) is 47.3 Å². The molecule has 0 aliphatic rings. The number of likely N-dealkylation sites (N-methyl/N-ethyl adjacent to an activating group) is 1. The molecule has 2 N–H and O–H groups in total. The van der Waals surface area contributed by atoms with Crippen molar-refractivity contribution < 1.29 is 15.0 Å². The predicted octanol–water partition coefficient (Wildman–Crippen LogP) is -0.546. The molecular weight excluding hydrogens is 158 g/mol. The van der Waals surface area contributed by atoms with Crippen LogP contribution in [0.2, 0.25) is 0 Å². The highest BCUT2D eigenvalue weighted by molar-refractivity contribution is 5.77. The first-order valence-electron chi connectivity index (χ1n) is 4.03. The Labute approximate surface area is 72.8 Å². The molecule has 4 nitrogen and oxygen atoms in total. The molecule has 0 aromatic heterocycles. The van der Waals surface area contributed by atoms with Crippen LogP contribution in [0.25, 0.3) is 0 Å². The van der Waals surface area contributed by atoms with Gasteiger partial charge in [0.25, 0.3) is 0 Å². The molecule has 0 fully saturated rings. The molecule has 1 atom stereocenters. The summed E-state index contributed by atoms with van der Waals surface area (Å²) in [6, 6.07) is 0. The molecule has 4 heteroatoms. The SMILES string of the molecule is CC(C)C(=O)N(C)CC(O)CO. The van der Waals surface area contributed by atoms with Crippen LogP contribution < -0.4 is 0 Å². The lowest BCUT2D eigenvalue weighted by molar-refractivity contribution is -0.134. The highest BCUT2D eigenvalue weighted by Gasteiger charge is 2.15. The van der Waals surface area contributed by atoms with Gasteiger partial charge in [-0.05, 0) is 0 Å². The predicted molar refractivity (Wildman–Crippen MR) is 45.6 cm³/mol. The Hall–Kier alpha value is -0.610. The zero-order valence-corrected chi connectivity index (χ0v) is 7.82. The van der Waals surface area contributed by atoms with E-state index in [0.717, 1.165) is 0 Å². The number of nitrogens with zero attached hydrogens (tertiary/aromatic N) is 1. The Morgan fingerprint density at radius 3 is 2.33 bits per heavy atom. The van der Waals surface area contributed by atoms with Crippen molar-refractivity contribution in [3.8, 4) is 0 Å². The Balaban J connectivity index is 3.86. The normalized spacial score (nSPS) is 13.2. The van der Waals surface area contributed by atoms with E-state index in [0.29, 0.717) is 0 Å². The van der Waals surface area contributed by atoms with Gasteiger partial charge in [-0.25, -0.2) is 0 Å². The van der Waals surface area contributed by atoms with Gasteiger partial charge in [-0.2, -0.15) is 0 Å². The third-order valence-corrected chi connectivity index (χ3v) is 1.57. The number of hydrogen-bond acceptors (Lipinski definition) is 3. The van der Waals surface area contributed by atoms with Crippen molar-refractivity contribution in [1.29, 1.82) is 0 Å². The Bertz CT molecular complexity index is 147. The van der Waals surface area contributed by atoms with E-state index in [1.165, 1.54) is 4.90 Å². The summed E-state index contributed by atoms with van der Waals surface area (Å²) in [5, 5.41) is 17.5. The number of carbonyl (C=O) groups excluding carboxylic acids is 1. The lowest BCUT2D eigenvalue weighted by atomic mass is 10.2. The van der Waals surface area contributed by atoms with Crippen LogP contribution in [0.15, 0.2) is 0 Å². The van der Waals surface area contributed by atoms with Crippen molar-refractivity contribution in [2.45, 2.75) is 20.0 Å². The van der Waals surface area contributed by atoms with Gasteiger partial charge in [0, 0.05) is 19.5 Å². The Morgan fingerprint density at radius 1 is 1.50 bits per heavy atom. The van der Waals surface area contributed by atoms with Crippen molar-refractivity contribution in [3.05, 3.63) is 0 Å².